The number of amides is 2. The van der Waals surface area contributed by atoms with Crippen LogP contribution in [0.1, 0.15) is 31.8 Å². The van der Waals surface area contributed by atoms with Crippen LogP contribution in [0.25, 0.3) is 0 Å². The van der Waals surface area contributed by atoms with Crippen molar-refractivity contribution in [3.05, 3.63) is 113 Å². The number of ether oxygens (including phenoxy) is 4. The first-order valence-electron chi connectivity index (χ1n) is 12.8. The maximum absolute atomic E-state index is 13.9. The van der Waals surface area contributed by atoms with Gasteiger partial charge in [0.2, 0.25) is 5.75 Å². The second-order valence-electron chi connectivity index (χ2n) is 8.95. The molecule has 2 amide bonds. The average Bonchev–Trinajstić information content (AvgIpc) is 3.02. The lowest BCUT2D eigenvalue weighted by Crippen LogP contribution is -2.30. The zero-order chi connectivity index (χ0) is 30.1. The molecule has 0 unspecified atom stereocenters. The number of nitrogens with one attached hydrogen (secondary N) is 1. The Kier molecular flexibility index (Phi) is 9.73. The molecule has 0 bridgehead atoms. The standard InChI is InChI=1S/C32H30FN3O6/c1-39-27-14-8-21(9-15-27)20-36(26-17-28(40-2)30(42-4)29(18-26)41-3)32(38)24-12-10-23(11-13-24)31(37)35-34-19-22-6-5-7-25(33)16-22/h5-19H,20H2,1-4H3,(H,35,37)/b34-19+. The maximum atomic E-state index is 13.9. The van der Waals surface area contributed by atoms with E-state index in [0.717, 1.165) is 5.56 Å². The van der Waals surface area contributed by atoms with Crippen LogP contribution in [0, 0.1) is 5.82 Å². The molecule has 1 N–H and O–H groups in total. The van der Waals surface area contributed by atoms with Crippen LogP contribution in [0.3, 0.4) is 0 Å². The van der Waals surface area contributed by atoms with Crippen LogP contribution in [0.5, 0.6) is 23.0 Å². The molecule has 42 heavy (non-hydrogen) atoms. The molecule has 216 valence electrons. The molecule has 0 radical (unpaired) electrons. The first kappa shape index (κ1) is 29.6. The number of halogens is 1. The van der Waals surface area contributed by atoms with Gasteiger partial charge >= 0.3 is 0 Å². The number of hydrogen-bond donors (Lipinski definition) is 1. The number of benzene rings is 4. The van der Waals surface area contributed by atoms with Crippen molar-refractivity contribution in [2.24, 2.45) is 5.10 Å². The monoisotopic (exact) mass is 571 g/mol. The van der Waals surface area contributed by atoms with Crippen molar-refractivity contribution in [2.45, 2.75) is 6.54 Å². The zero-order valence-corrected chi connectivity index (χ0v) is 23.6. The number of hydrazone groups is 1. The molecule has 9 nitrogen and oxygen atoms in total. The van der Waals surface area contributed by atoms with Crippen molar-refractivity contribution >= 4 is 23.7 Å². The van der Waals surface area contributed by atoms with Gasteiger partial charge in [0.25, 0.3) is 11.8 Å². The minimum atomic E-state index is -0.485. The second-order valence-corrected chi connectivity index (χ2v) is 8.95. The van der Waals surface area contributed by atoms with Crippen molar-refractivity contribution in [1.29, 1.82) is 0 Å². The van der Waals surface area contributed by atoms with E-state index in [1.54, 1.807) is 48.4 Å². The predicted octanol–water partition coefficient (Wildman–Crippen LogP) is 5.47. The molecule has 0 aromatic heterocycles. The van der Waals surface area contributed by atoms with Gasteiger partial charge in [-0.1, -0.05) is 24.3 Å². The number of carbonyl (C=O) groups excluding carboxylic acids is 2. The summed E-state index contributed by atoms with van der Waals surface area (Å²) in [5.74, 6) is 0.667. The summed E-state index contributed by atoms with van der Waals surface area (Å²) in [5, 5.41) is 3.88. The molecule has 0 spiro atoms. The van der Waals surface area contributed by atoms with E-state index >= 15 is 0 Å². The third-order valence-electron chi connectivity index (χ3n) is 6.33. The molecule has 0 fully saturated rings. The van der Waals surface area contributed by atoms with E-state index in [1.165, 1.54) is 51.8 Å². The third-order valence-corrected chi connectivity index (χ3v) is 6.33. The number of hydrogen-bond acceptors (Lipinski definition) is 7. The van der Waals surface area contributed by atoms with Gasteiger partial charge in [-0.05, 0) is 59.7 Å². The SMILES string of the molecule is COc1ccc(CN(C(=O)c2ccc(C(=O)N/N=C/c3cccc(F)c3)cc2)c2cc(OC)c(OC)c(OC)c2)cc1. The van der Waals surface area contributed by atoms with E-state index in [-0.39, 0.29) is 18.0 Å². The highest BCUT2D eigenvalue weighted by atomic mass is 19.1. The van der Waals surface area contributed by atoms with Crippen LogP contribution < -0.4 is 29.3 Å². The Morgan fingerprint density at radius 3 is 2.02 bits per heavy atom. The van der Waals surface area contributed by atoms with E-state index in [0.29, 0.717) is 39.8 Å². The quantitative estimate of drug-likeness (QED) is 0.189. The number of anilines is 1. The fraction of sp³-hybridized carbons (Fsp3) is 0.156. The highest BCUT2D eigenvalue weighted by molar-refractivity contribution is 6.07. The van der Waals surface area contributed by atoms with Gasteiger partial charge in [0.15, 0.2) is 11.5 Å². The van der Waals surface area contributed by atoms with Crippen LogP contribution >= 0.6 is 0 Å². The zero-order valence-electron chi connectivity index (χ0n) is 23.6. The van der Waals surface area contributed by atoms with Gasteiger partial charge in [0.1, 0.15) is 11.6 Å². The van der Waals surface area contributed by atoms with Crippen LogP contribution in [0.2, 0.25) is 0 Å². The molecule has 4 aromatic rings. The molecular weight excluding hydrogens is 541 g/mol. The van der Waals surface area contributed by atoms with Crippen molar-refractivity contribution in [2.75, 3.05) is 33.3 Å². The molecule has 0 aliphatic heterocycles. The van der Waals surface area contributed by atoms with Gasteiger partial charge in [-0.15, -0.1) is 0 Å². The first-order chi connectivity index (χ1) is 20.4. The molecule has 0 heterocycles. The van der Waals surface area contributed by atoms with Crippen LogP contribution in [0.4, 0.5) is 10.1 Å². The van der Waals surface area contributed by atoms with Gasteiger partial charge in [0, 0.05) is 23.3 Å². The summed E-state index contributed by atoms with van der Waals surface area (Å²) in [4.78, 5) is 28.1. The molecule has 0 saturated carbocycles. The number of carbonyl (C=O) groups is 2. The van der Waals surface area contributed by atoms with Crippen LogP contribution in [-0.4, -0.2) is 46.5 Å². The fourth-order valence-electron chi connectivity index (χ4n) is 4.15. The molecule has 0 aliphatic carbocycles. The Labute approximate surface area is 243 Å². The fourth-order valence-corrected chi connectivity index (χ4v) is 4.15. The Bertz CT molecular complexity index is 1550. The van der Waals surface area contributed by atoms with E-state index in [4.69, 9.17) is 18.9 Å². The topological polar surface area (TPSA) is 98.7 Å². The average molecular weight is 572 g/mol. The van der Waals surface area contributed by atoms with E-state index in [2.05, 4.69) is 10.5 Å². The summed E-state index contributed by atoms with van der Waals surface area (Å²) in [6.45, 7) is 0.221. The summed E-state index contributed by atoms with van der Waals surface area (Å²) < 4.78 is 35.1. The number of rotatable bonds is 11. The minimum Gasteiger partial charge on any atom is -0.497 e. The number of nitrogens with zero attached hydrogens (tertiary/aromatic N) is 2. The smallest absolute Gasteiger partial charge is 0.271 e. The summed E-state index contributed by atoms with van der Waals surface area (Å²) in [5.41, 5.74) is 4.90. The van der Waals surface area contributed by atoms with E-state index < -0.39 is 11.7 Å². The predicted molar refractivity (Wildman–Crippen MR) is 158 cm³/mol. The van der Waals surface area contributed by atoms with Gasteiger partial charge in [0.05, 0.1) is 46.9 Å². The highest BCUT2D eigenvalue weighted by Crippen LogP contribution is 2.41. The summed E-state index contributed by atoms with van der Waals surface area (Å²) in [6, 6.07) is 22.8. The van der Waals surface area contributed by atoms with E-state index in [9.17, 15) is 14.0 Å². The Morgan fingerprint density at radius 1 is 0.810 bits per heavy atom. The molecule has 0 saturated heterocycles. The Hall–Kier alpha value is -5.38. The van der Waals surface area contributed by atoms with Crippen molar-refractivity contribution in [3.63, 3.8) is 0 Å². The number of methoxy groups -OCH3 is 4. The summed E-state index contributed by atoms with van der Waals surface area (Å²) in [6.07, 6.45) is 1.34. The Balaban J connectivity index is 1.60. The highest BCUT2D eigenvalue weighted by Gasteiger charge is 2.23. The maximum Gasteiger partial charge on any atom is 0.271 e. The van der Waals surface area contributed by atoms with Crippen LogP contribution in [-0.2, 0) is 6.54 Å². The van der Waals surface area contributed by atoms with E-state index in [1.807, 2.05) is 24.3 Å². The Morgan fingerprint density at radius 2 is 1.45 bits per heavy atom. The molecule has 4 aromatic carbocycles. The lowest BCUT2D eigenvalue weighted by molar-refractivity contribution is 0.0951. The second kappa shape index (κ2) is 13.8. The molecule has 0 aliphatic rings. The van der Waals surface area contributed by atoms with Crippen molar-refractivity contribution in [3.8, 4) is 23.0 Å². The van der Waals surface area contributed by atoms with Gasteiger partial charge in [-0.25, -0.2) is 9.82 Å². The normalized spacial score (nSPS) is 10.7. The lowest BCUT2D eigenvalue weighted by Gasteiger charge is -2.25. The van der Waals surface area contributed by atoms with Crippen molar-refractivity contribution < 1.29 is 32.9 Å². The van der Waals surface area contributed by atoms with Crippen LogP contribution in [0.15, 0.2) is 90.0 Å². The molecule has 4 rings (SSSR count). The molecule has 10 heteroatoms. The third kappa shape index (κ3) is 7.03. The summed E-state index contributed by atoms with van der Waals surface area (Å²) in [7, 11) is 6.09. The summed E-state index contributed by atoms with van der Waals surface area (Å²) >= 11 is 0. The van der Waals surface area contributed by atoms with Gasteiger partial charge in [-0.2, -0.15) is 5.10 Å². The lowest BCUT2D eigenvalue weighted by atomic mass is 10.1. The molecular formula is C32H30FN3O6. The first-order valence-corrected chi connectivity index (χ1v) is 12.8. The largest absolute Gasteiger partial charge is 0.497 e. The minimum absolute atomic E-state index is 0.221. The van der Waals surface area contributed by atoms with Gasteiger partial charge in [-0.3, -0.25) is 9.59 Å². The van der Waals surface area contributed by atoms with Gasteiger partial charge < -0.3 is 23.8 Å². The molecule has 0 atom stereocenters. The van der Waals surface area contributed by atoms with Crippen molar-refractivity contribution in [1.82, 2.24) is 5.43 Å².